The Morgan fingerprint density at radius 1 is 1.05 bits per heavy atom. The van der Waals surface area contributed by atoms with Gasteiger partial charge in [-0.25, -0.2) is 12.8 Å². The van der Waals surface area contributed by atoms with Crippen LogP contribution in [0.3, 0.4) is 0 Å². The van der Waals surface area contributed by atoms with Crippen LogP contribution in [0, 0.1) is 5.82 Å². The number of carbonyl (C=O) groups is 1. The van der Waals surface area contributed by atoms with Crippen LogP contribution in [0.1, 0.15) is 31.2 Å². The van der Waals surface area contributed by atoms with E-state index in [1.54, 1.807) is 31.4 Å². The fourth-order valence-corrected chi connectivity index (χ4v) is 8.13. The number of piperidine rings is 1. The largest absolute Gasteiger partial charge is 0.497 e. The molecule has 228 valence electrons. The SMILES string of the molecule is COc1cccc(-c2ccc3c(c2)OCCC2(CCN(Cc4ccccc4F)CC2)NC(=O)[C@@H]2C[C@@H](O)CN2S3(=O)=O)c1. The molecule has 6 rings (SSSR count). The quantitative estimate of drug-likeness (QED) is 0.466. The number of hydrogen-bond acceptors (Lipinski definition) is 7. The van der Waals surface area contributed by atoms with Crippen molar-refractivity contribution in [2.24, 2.45) is 0 Å². The number of nitrogens with one attached hydrogen (secondary N) is 1. The maximum absolute atomic E-state index is 14.3. The van der Waals surface area contributed by atoms with E-state index in [2.05, 4.69) is 10.2 Å². The van der Waals surface area contributed by atoms with E-state index in [4.69, 9.17) is 9.47 Å². The molecule has 3 aromatic rings. The van der Waals surface area contributed by atoms with Gasteiger partial charge < -0.3 is 19.9 Å². The summed E-state index contributed by atoms with van der Waals surface area (Å²) >= 11 is 0. The van der Waals surface area contributed by atoms with Crippen molar-refractivity contribution in [3.8, 4) is 22.6 Å². The predicted molar refractivity (Wildman–Crippen MR) is 159 cm³/mol. The second kappa shape index (κ2) is 11.9. The second-order valence-electron chi connectivity index (χ2n) is 11.6. The van der Waals surface area contributed by atoms with Gasteiger partial charge in [-0.15, -0.1) is 0 Å². The Morgan fingerprint density at radius 3 is 2.58 bits per heavy atom. The normalized spacial score (nSPS) is 23.8. The fraction of sp³-hybridized carbons (Fsp3) is 0.406. The first-order valence-electron chi connectivity index (χ1n) is 14.6. The van der Waals surface area contributed by atoms with Crippen molar-refractivity contribution in [3.05, 3.63) is 78.1 Å². The van der Waals surface area contributed by atoms with Gasteiger partial charge in [0, 0.05) is 50.1 Å². The van der Waals surface area contributed by atoms with Crippen molar-refractivity contribution in [1.82, 2.24) is 14.5 Å². The highest BCUT2D eigenvalue weighted by molar-refractivity contribution is 7.89. The number of rotatable bonds is 4. The third kappa shape index (κ3) is 5.99. The summed E-state index contributed by atoms with van der Waals surface area (Å²) in [6.45, 7) is 1.72. The van der Waals surface area contributed by atoms with Crippen LogP contribution in [0.5, 0.6) is 11.5 Å². The third-order valence-electron chi connectivity index (χ3n) is 8.86. The molecule has 43 heavy (non-hydrogen) atoms. The molecule has 2 fully saturated rings. The summed E-state index contributed by atoms with van der Waals surface area (Å²) < 4.78 is 55.0. The van der Waals surface area contributed by atoms with Crippen LogP contribution < -0.4 is 14.8 Å². The summed E-state index contributed by atoms with van der Waals surface area (Å²) in [5, 5.41) is 13.7. The third-order valence-corrected chi connectivity index (χ3v) is 10.8. The van der Waals surface area contributed by atoms with E-state index in [9.17, 15) is 22.7 Å². The molecule has 0 bridgehead atoms. The summed E-state index contributed by atoms with van der Waals surface area (Å²) in [5.74, 6) is 0.206. The number of sulfonamides is 1. The monoisotopic (exact) mass is 609 g/mol. The summed E-state index contributed by atoms with van der Waals surface area (Å²) in [5.41, 5.74) is 1.58. The van der Waals surface area contributed by atoms with Crippen LogP contribution in [-0.2, 0) is 21.4 Å². The molecule has 1 spiro atoms. The molecule has 3 aliphatic rings. The lowest BCUT2D eigenvalue weighted by atomic mass is 9.84. The molecule has 0 aliphatic carbocycles. The standard InChI is InChI=1S/C32H36FN3O6S/c1-41-26-7-4-6-22(17-26)23-9-10-30-29(18-23)42-16-13-32(34-31(38)28-19-25(37)21-36(28)43(30,39)40)11-14-35(15-12-32)20-24-5-2-3-8-27(24)33/h2-10,17-18,25,28,37H,11-16,19-21H2,1H3,(H,34,38)/t25-,28+/m1/s1. The highest BCUT2D eigenvalue weighted by Crippen LogP contribution is 2.38. The zero-order valence-corrected chi connectivity index (χ0v) is 24.9. The van der Waals surface area contributed by atoms with Gasteiger partial charge in [0.15, 0.2) is 0 Å². The average Bonchev–Trinajstić information content (AvgIpc) is 3.41. The Bertz CT molecular complexity index is 1610. The number of likely N-dealkylation sites (tertiary alicyclic amines) is 1. The van der Waals surface area contributed by atoms with Crippen molar-refractivity contribution in [2.75, 3.05) is 33.4 Å². The number of halogens is 1. The molecule has 0 saturated carbocycles. The molecule has 0 aromatic heterocycles. The molecule has 0 radical (unpaired) electrons. The van der Waals surface area contributed by atoms with E-state index in [-0.39, 0.29) is 36.0 Å². The number of methoxy groups -OCH3 is 1. The molecule has 11 heteroatoms. The van der Waals surface area contributed by atoms with E-state index >= 15 is 0 Å². The molecule has 3 aromatic carbocycles. The van der Waals surface area contributed by atoms with E-state index in [1.165, 1.54) is 12.1 Å². The number of nitrogens with zero attached hydrogens (tertiary/aromatic N) is 2. The van der Waals surface area contributed by atoms with Crippen LogP contribution >= 0.6 is 0 Å². The lowest BCUT2D eigenvalue weighted by Gasteiger charge is -2.43. The topological polar surface area (TPSA) is 108 Å². The number of carbonyl (C=O) groups excluding carboxylic acids is 1. The highest BCUT2D eigenvalue weighted by Gasteiger charge is 2.47. The molecule has 2 atom stereocenters. The van der Waals surface area contributed by atoms with E-state index in [0.717, 1.165) is 15.4 Å². The van der Waals surface area contributed by atoms with Crippen molar-refractivity contribution >= 4 is 15.9 Å². The lowest BCUT2D eigenvalue weighted by Crippen LogP contribution is -2.59. The molecule has 2 saturated heterocycles. The van der Waals surface area contributed by atoms with E-state index < -0.39 is 33.6 Å². The van der Waals surface area contributed by atoms with Gasteiger partial charge in [-0.1, -0.05) is 36.4 Å². The Balaban J connectivity index is 1.31. The molecule has 9 nitrogen and oxygen atoms in total. The van der Waals surface area contributed by atoms with E-state index in [1.807, 2.05) is 30.3 Å². The maximum Gasteiger partial charge on any atom is 0.247 e. The zero-order chi connectivity index (χ0) is 30.2. The van der Waals surface area contributed by atoms with Gasteiger partial charge >= 0.3 is 0 Å². The van der Waals surface area contributed by atoms with Gasteiger partial charge in [-0.05, 0) is 54.3 Å². The van der Waals surface area contributed by atoms with Gasteiger partial charge in [0.2, 0.25) is 15.9 Å². The minimum atomic E-state index is -4.18. The van der Waals surface area contributed by atoms with Gasteiger partial charge in [0.05, 0.1) is 19.8 Å². The summed E-state index contributed by atoms with van der Waals surface area (Å²) in [7, 11) is -2.60. The minimum absolute atomic E-state index is 0.0125. The molecule has 2 N–H and O–H groups in total. The van der Waals surface area contributed by atoms with Gasteiger partial charge in [0.1, 0.15) is 28.3 Å². The van der Waals surface area contributed by atoms with Crippen molar-refractivity contribution in [3.63, 3.8) is 0 Å². The predicted octanol–water partition coefficient (Wildman–Crippen LogP) is 3.56. The smallest absolute Gasteiger partial charge is 0.247 e. The average molecular weight is 610 g/mol. The zero-order valence-electron chi connectivity index (χ0n) is 24.0. The first kappa shape index (κ1) is 29.6. The molecular weight excluding hydrogens is 573 g/mol. The van der Waals surface area contributed by atoms with Crippen molar-refractivity contribution in [1.29, 1.82) is 0 Å². The van der Waals surface area contributed by atoms with Crippen molar-refractivity contribution < 1.29 is 32.2 Å². The first-order valence-corrected chi connectivity index (χ1v) is 16.0. The molecule has 1 amide bonds. The lowest BCUT2D eigenvalue weighted by molar-refractivity contribution is -0.127. The number of amides is 1. The first-order chi connectivity index (χ1) is 20.7. The summed E-state index contributed by atoms with van der Waals surface area (Å²) in [4.78, 5) is 15.8. The fourth-order valence-electron chi connectivity index (χ4n) is 6.38. The van der Waals surface area contributed by atoms with Crippen LogP contribution in [-0.4, -0.2) is 79.7 Å². The molecule has 3 aliphatic heterocycles. The number of ether oxygens (including phenoxy) is 2. The molecule has 3 heterocycles. The summed E-state index contributed by atoms with van der Waals surface area (Å²) in [6.07, 6.45) is 0.695. The Labute approximate surface area is 251 Å². The number of fused-ring (bicyclic) bond motifs is 2. The highest BCUT2D eigenvalue weighted by atomic mass is 32.2. The van der Waals surface area contributed by atoms with Crippen molar-refractivity contribution in [2.45, 2.75) is 54.8 Å². The maximum atomic E-state index is 14.3. The Morgan fingerprint density at radius 2 is 1.81 bits per heavy atom. The number of aliphatic hydroxyl groups excluding tert-OH is 1. The second-order valence-corrected chi connectivity index (χ2v) is 13.5. The summed E-state index contributed by atoms with van der Waals surface area (Å²) in [6, 6.07) is 18.1. The minimum Gasteiger partial charge on any atom is -0.497 e. The van der Waals surface area contributed by atoms with E-state index in [0.29, 0.717) is 50.2 Å². The molecule has 0 unspecified atom stereocenters. The number of benzene rings is 3. The number of hydrogen-bond donors (Lipinski definition) is 2. The van der Waals surface area contributed by atoms with Crippen LogP contribution in [0.4, 0.5) is 4.39 Å². The Hall–Kier alpha value is -3.51. The van der Waals surface area contributed by atoms with Crippen LogP contribution in [0.15, 0.2) is 71.6 Å². The van der Waals surface area contributed by atoms with Crippen LogP contribution in [0.2, 0.25) is 0 Å². The van der Waals surface area contributed by atoms with Gasteiger partial charge in [0.25, 0.3) is 0 Å². The van der Waals surface area contributed by atoms with Gasteiger partial charge in [-0.2, -0.15) is 4.31 Å². The Kier molecular flexibility index (Phi) is 8.16. The van der Waals surface area contributed by atoms with Crippen LogP contribution in [0.25, 0.3) is 11.1 Å². The molecular formula is C32H36FN3O6S. The van der Waals surface area contributed by atoms with Gasteiger partial charge in [-0.3, -0.25) is 9.69 Å². The number of aliphatic hydroxyl groups is 1.